The Hall–Kier alpha value is 0.310. The number of halogens is 1. The van der Waals surface area contributed by atoms with Gasteiger partial charge in [0.25, 0.3) is 10.1 Å². The first-order valence-corrected chi connectivity index (χ1v) is 10.1. The van der Waals surface area contributed by atoms with Gasteiger partial charge >= 0.3 is 7.67 Å². The fraction of sp³-hybridized carbons (Fsp3) is 1.00. The Bertz CT molecular complexity index is 443. The van der Waals surface area contributed by atoms with Crippen molar-refractivity contribution in [1.29, 1.82) is 0 Å². The molecule has 10 heteroatoms. The molecule has 1 heterocycles. The van der Waals surface area contributed by atoms with Gasteiger partial charge in [-0.1, -0.05) is 0 Å². The summed E-state index contributed by atoms with van der Waals surface area (Å²) in [6.07, 6.45) is 0.792. The second kappa shape index (κ2) is 8.08. The molecule has 1 N–H and O–H groups in total. The van der Waals surface area contributed by atoms with Gasteiger partial charge in [0.05, 0.1) is 18.5 Å². The van der Waals surface area contributed by atoms with E-state index in [4.69, 9.17) is 20.3 Å². The lowest BCUT2D eigenvalue weighted by molar-refractivity contribution is 0.200. The van der Waals surface area contributed by atoms with Crippen LogP contribution in [0.3, 0.4) is 0 Å². The second-order valence-electron chi connectivity index (χ2n) is 4.62. The van der Waals surface area contributed by atoms with Crippen LogP contribution in [-0.2, 0) is 23.4 Å². The van der Waals surface area contributed by atoms with Crippen LogP contribution in [0, 0.1) is 0 Å². The lowest BCUT2D eigenvalue weighted by Crippen LogP contribution is -2.37. The molecule has 0 radical (unpaired) electrons. The Kier molecular flexibility index (Phi) is 7.41. The van der Waals surface area contributed by atoms with Crippen molar-refractivity contribution in [2.75, 3.05) is 38.7 Å². The van der Waals surface area contributed by atoms with E-state index in [0.717, 1.165) is 6.42 Å². The number of hydrogen-bond acceptors (Lipinski definition) is 5. The van der Waals surface area contributed by atoms with Crippen molar-refractivity contribution in [3.63, 3.8) is 0 Å². The Morgan fingerprint density at radius 2 is 2.20 bits per heavy atom. The summed E-state index contributed by atoms with van der Waals surface area (Å²) in [6.45, 7) is 4.63. The second-order valence-corrected chi connectivity index (χ2v) is 9.34. The summed E-state index contributed by atoms with van der Waals surface area (Å²) >= 11 is 5.67. The lowest BCUT2D eigenvalue weighted by Gasteiger charge is -2.34. The van der Waals surface area contributed by atoms with E-state index in [0.29, 0.717) is 25.6 Å². The number of rotatable bonds is 8. The summed E-state index contributed by atoms with van der Waals surface area (Å²) < 4.78 is 47.2. The van der Waals surface area contributed by atoms with Crippen molar-refractivity contribution in [2.45, 2.75) is 25.5 Å². The minimum atomic E-state index is -3.55. The summed E-state index contributed by atoms with van der Waals surface area (Å²) in [7, 11) is -6.67. The molecular formula is C10H22ClN2O5PS. The first-order valence-electron chi connectivity index (χ1n) is 6.51. The maximum absolute atomic E-state index is 12.5. The van der Waals surface area contributed by atoms with Crippen LogP contribution in [-0.4, -0.2) is 57.1 Å². The van der Waals surface area contributed by atoms with E-state index in [1.165, 1.54) is 13.8 Å². The summed E-state index contributed by atoms with van der Waals surface area (Å²) in [5.41, 5.74) is 0. The molecule has 0 aromatic heterocycles. The normalized spacial score (nSPS) is 25.2. The van der Waals surface area contributed by atoms with Gasteiger partial charge < -0.3 is 4.52 Å². The maximum Gasteiger partial charge on any atom is 0.343 e. The molecule has 1 aliphatic rings. The molecule has 0 saturated carbocycles. The molecule has 7 nitrogen and oxygen atoms in total. The largest absolute Gasteiger partial charge is 0.343 e. The number of alkyl halides is 1. The zero-order valence-electron chi connectivity index (χ0n) is 11.7. The van der Waals surface area contributed by atoms with E-state index in [9.17, 15) is 13.0 Å². The van der Waals surface area contributed by atoms with Gasteiger partial charge in [-0.05, 0) is 20.3 Å². The van der Waals surface area contributed by atoms with Gasteiger partial charge in [-0.15, -0.1) is 11.6 Å². The third-order valence-corrected chi connectivity index (χ3v) is 6.90. The van der Waals surface area contributed by atoms with Crippen molar-refractivity contribution in [3.05, 3.63) is 0 Å². The minimum Gasteiger partial charge on any atom is -0.306 e. The molecule has 20 heavy (non-hydrogen) atoms. The van der Waals surface area contributed by atoms with Gasteiger partial charge in [0.2, 0.25) is 0 Å². The highest BCUT2D eigenvalue weighted by Crippen LogP contribution is 2.48. The third-order valence-electron chi connectivity index (χ3n) is 2.78. The third kappa shape index (κ3) is 5.26. The Balaban J connectivity index is 2.44. The molecule has 0 aromatic carbocycles. The number of nitrogens with zero attached hydrogens (tertiary/aromatic N) is 1. The van der Waals surface area contributed by atoms with Crippen LogP contribution in [0.2, 0.25) is 0 Å². The predicted octanol–water partition coefficient (Wildman–Crippen LogP) is 1.40. The first-order chi connectivity index (χ1) is 9.32. The molecule has 1 rings (SSSR count). The zero-order valence-corrected chi connectivity index (χ0v) is 14.2. The average molecular weight is 349 g/mol. The van der Waals surface area contributed by atoms with Crippen LogP contribution in [0.4, 0.5) is 0 Å². The standard InChI is InChI=1S/C10H22ClN2O5PS/c1-10(2)20(15,16)18-9-5-12-19(14)13(7-4-11)6-3-8-17-19/h10H,3-9H2,1-2H3,(H,12,14). The molecule has 1 fully saturated rings. The lowest BCUT2D eigenvalue weighted by atomic mass is 10.4. The fourth-order valence-electron chi connectivity index (χ4n) is 1.62. The molecule has 1 aliphatic heterocycles. The van der Waals surface area contributed by atoms with Crippen molar-refractivity contribution < 1.29 is 21.7 Å². The smallest absolute Gasteiger partial charge is 0.306 e. The van der Waals surface area contributed by atoms with Crippen molar-refractivity contribution in [2.24, 2.45) is 0 Å². The van der Waals surface area contributed by atoms with Crippen molar-refractivity contribution in [3.8, 4) is 0 Å². The summed E-state index contributed by atoms with van der Waals surface area (Å²) in [5.74, 6) is 0.354. The molecule has 0 bridgehead atoms. The molecule has 0 aliphatic carbocycles. The number of nitrogens with one attached hydrogen (secondary N) is 1. The quantitative estimate of drug-likeness (QED) is 0.307. The minimum absolute atomic E-state index is 0.0808. The highest BCUT2D eigenvalue weighted by molar-refractivity contribution is 7.87. The van der Waals surface area contributed by atoms with Crippen LogP contribution in [0.5, 0.6) is 0 Å². The molecule has 1 saturated heterocycles. The highest BCUT2D eigenvalue weighted by Gasteiger charge is 2.34. The summed E-state index contributed by atoms with van der Waals surface area (Å²) in [4.78, 5) is 0. The van der Waals surface area contributed by atoms with E-state index in [1.54, 1.807) is 4.67 Å². The van der Waals surface area contributed by atoms with Crippen LogP contribution in [0.1, 0.15) is 20.3 Å². The van der Waals surface area contributed by atoms with Gasteiger partial charge in [-0.3, -0.25) is 8.75 Å². The highest BCUT2D eigenvalue weighted by atomic mass is 35.5. The molecule has 0 amide bonds. The van der Waals surface area contributed by atoms with Crippen LogP contribution in [0.25, 0.3) is 0 Å². The predicted molar refractivity (Wildman–Crippen MR) is 78.5 cm³/mol. The summed E-state index contributed by atoms with van der Waals surface area (Å²) in [6, 6.07) is 0. The average Bonchev–Trinajstić information content (AvgIpc) is 2.38. The van der Waals surface area contributed by atoms with Crippen molar-refractivity contribution >= 4 is 29.4 Å². The van der Waals surface area contributed by atoms with E-state index >= 15 is 0 Å². The van der Waals surface area contributed by atoms with Gasteiger partial charge in [0.15, 0.2) is 0 Å². The molecular weight excluding hydrogens is 327 g/mol. The molecule has 0 spiro atoms. The van der Waals surface area contributed by atoms with Gasteiger partial charge in [0, 0.05) is 25.5 Å². The SMILES string of the molecule is CC(C)S(=O)(=O)OCCNP1(=O)OCCCN1CCCl. The Labute approximate surface area is 125 Å². The monoisotopic (exact) mass is 348 g/mol. The van der Waals surface area contributed by atoms with Gasteiger partial charge in [-0.25, -0.2) is 9.76 Å². The zero-order chi connectivity index (χ0) is 15.2. The Morgan fingerprint density at radius 1 is 1.50 bits per heavy atom. The van der Waals surface area contributed by atoms with Crippen LogP contribution in [0.15, 0.2) is 0 Å². The Morgan fingerprint density at radius 3 is 2.80 bits per heavy atom. The van der Waals surface area contributed by atoms with Crippen LogP contribution >= 0.6 is 19.3 Å². The van der Waals surface area contributed by atoms with E-state index in [1.807, 2.05) is 0 Å². The maximum atomic E-state index is 12.5. The summed E-state index contributed by atoms with van der Waals surface area (Å²) in [5, 5.41) is 2.16. The van der Waals surface area contributed by atoms with Crippen LogP contribution < -0.4 is 5.09 Å². The van der Waals surface area contributed by atoms with E-state index < -0.39 is 23.0 Å². The molecule has 1 unspecified atom stereocenters. The number of hydrogen-bond donors (Lipinski definition) is 1. The van der Waals surface area contributed by atoms with Crippen molar-refractivity contribution in [1.82, 2.24) is 9.76 Å². The topological polar surface area (TPSA) is 84.9 Å². The van der Waals surface area contributed by atoms with E-state index in [-0.39, 0.29) is 13.2 Å². The molecule has 120 valence electrons. The van der Waals surface area contributed by atoms with Gasteiger partial charge in [-0.2, -0.15) is 8.42 Å². The molecule has 0 aromatic rings. The van der Waals surface area contributed by atoms with Gasteiger partial charge in [0.1, 0.15) is 0 Å². The van der Waals surface area contributed by atoms with E-state index in [2.05, 4.69) is 5.09 Å². The fourth-order valence-corrected chi connectivity index (χ4v) is 4.50. The molecule has 1 atom stereocenters. The first kappa shape index (κ1) is 18.4.